The molecule has 0 saturated heterocycles. The van der Waals surface area contributed by atoms with E-state index < -0.39 is 0 Å². The van der Waals surface area contributed by atoms with Crippen molar-refractivity contribution < 1.29 is 0 Å². The molecule has 2 heteroatoms. The lowest BCUT2D eigenvalue weighted by molar-refractivity contribution is 0.0756. The van der Waals surface area contributed by atoms with Crippen molar-refractivity contribution in [1.29, 1.82) is 0 Å². The normalized spacial score (nSPS) is 32.2. The molecule has 0 aromatic heterocycles. The van der Waals surface area contributed by atoms with Crippen LogP contribution >= 0.6 is 12.4 Å². The van der Waals surface area contributed by atoms with Crippen LogP contribution in [0.3, 0.4) is 0 Å². The maximum Gasteiger partial charge on any atom is 0.0357 e. The highest BCUT2D eigenvalue weighted by atomic mass is 35.5. The largest absolute Gasteiger partial charge is 0.313 e. The molecule has 0 bridgehead atoms. The second-order valence-corrected chi connectivity index (χ2v) is 7.48. The summed E-state index contributed by atoms with van der Waals surface area (Å²) in [5.41, 5.74) is 3.61. The maximum absolute atomic E-state index is 3.62. The van der Waals surface area contributed by atoms with Crippen LogP contribution in [-0.4, -0.2) is 7.05 Å². The number of nitrogens with one attached hydrogen (secondary N) is 1. The molecule has 4 unspecified atom stereocenters. The van der Waals surface area contributed by atoms with Crippen LogP contribution in [0.1, 0.15) is 63.1 Å². The Bertz CT molecular complexity index is 438. The quantitative estimate of drug-likeness (QED) is 0.774. The summed E-state index contributed by atoms with van der Waals surface area (Å²) in [7, 11) is 2.14. The number of rotatable bonds is 1. The molecule has 1 N–H and O–H groups in total. The fourth-order valence-electron chi connectivity index (χ4n) is 4.75. The summed E-state index contributed by atoms with van der Waals surface area (Å²) < 4.78 is 0. The molecule has 1 saturated carbocycles. The molecule has 20 heavy (non-hydrogen) atoms. The smallest absolute Gasteiger partial charge is 0.0357 e. The summed E-state index contributed by atoms with van der Waals surface area (Å²) in [4.78, 5) is 0. The first-order chi connectivity index (χ1) is 9.04. The van der Waals surface area contributed by atoms with Crippen molar-refractivity contribution in [2.24, 2.45) is 17.3 Å². The van der Waals surface area contributed by atoms with E-state index in [1.165, 1.54) is 19.3 Å². The van der Waals surface area contributed by atoms with E-state index in [-0.39, 0.29) is 12.4 Å². The van der Waals surface area contributed by atoms with Crippen molar-refractivity contribution in [3.05, 3.63) is 35.4 Å². The van der Waals surface area contributed by atoms with Gasteiger partial charge in [-0.15, -0.1) is 12.4 Å². The number of hydrogen-bond acceptors (Lipinski definition) is 1. The standard InChI is InChI=1S/C18H27N.ClH/c1-18(2,3)15-11-7-10-13-12-8-5-6-9-14(12)17(19-4)16(13)15;/h5-6,8-9,13,15-17,19H,7,10-11H2,1-4H3;1H. The first-order valence-electron chi connectivity index (χ1n) is 7.80. The third-order valence-electron chi connectivity index (χ3n) is 5.50. The fraction of sp³-hybridized carbons (Fsp3) is 0.667. The highest BCUT2D eigenvalue weighted by Gasteiger charge is 2.48. The van der Waals surface area contributed by atoms with Crippen LogP contribution in [-0.2, 0) is 0 Å². The van der Waals surface area contributed by atoms with Gasteiger partial charge in [0.2, 0.25) is 0 Å². The van der Waals surface area contributed by atoms with E-state index in [4.69, 9.17) is 0 Å². The van der Waals surface area contributed by atoms with Gasteiger partial charge >= 0.3 is 0 Å². The summed E-state index contributed by atoms with van der Waals surface area (Å²) in [5.74, 6) is 2.40. The number of hydrogen-bond donors (Lipinski definition) is 1. The van der Waals surface area contributed by atoms with E-state index in [9.17, 15) is 0 Å². The molecule has 112 valence electrons. The van der Waals surface area contributed by atoms with Crippen molar-refractivity contribution in [2.45, 2.75) is 52.0 Å². The summed E-state index contributed by atoms with van der Waals surface area (Å²) >= 11 is 0. The number of halogens is 1. The molecule has 4 atom stereocenters. The average molecular weight is 294 g/mol. The molecule has 3 rings (SSSR count). The molecule has 2 aliphatic carbocycles. The Morgan fingerprint density at radius 2 is 1.70 bits per heavy atom. The minimum Gasteiger partial charge on any atom is -0.313 e. The van der Waals surface area contributed by atoms with Crippen LogP contribution in [0, 0.1) is 17.3 Å². The minimum atomic E-state index is 0. The van der Waals surface area contributed by atoms with Gasteiger partial charge in [0.05, 0.1) is 0 Å². The predicted molar refractivity (Wildman–Crippen MR) is 88.5 cm³/mol. The zero-order valence-electron chi connectivity index (χ0n) is 13.1. The summed E-state index contributed by atoms with van der Waals surface area (Å²) in [5, 5.41) is 3.62. The zero-order valence-corrected chi connectivity index (χ0v) is 14.0. The van der Waals surface area contributed by atoms with Crippen molar-refractivity contribution in [2.75, 3.05) is 7.05 Å². The molecule has 0 amide bonds. The molecule has 0 radical (unpaired) electrons. The highest BCUT2D eigenvalue weighted by Crippen LogP contribution is 2.58. The number of fused-ring (bicyclic) bond motifs is 3. The first kappa shape index (κ1) is 15.9. The van der Waals surface area contributed by atoms with Gasteiger partial charge < -0.3 is 5.32 Å². The Balaban J connectivity index is 0.00000147. The Morgan fingerprint density at radius 3 is 2.30 bits per heavy atom. The molecule has 2 aliphatic rings. The van der Waals surface area contributed by atoms with Gasteiger partial charge in [-0.2, -0.15) is 0 Å². The summed E-state index contributed by atoms with van der Waals surface area (Å²) in [6, 6.07) is 9.69. The topological polar surface area (TPSA) is 12.0 Å². The van der Waals surface area contributed by atoms with E-state index in [1.807, 2.05) is 0 Å². The van der Waals surface area contributed by atoms with E-state index in [0.29, 0.717) is 11.5 Å². The van der Waals surface area contributed by atoms with Crippen molar-refractivity contribution in [1.82, 2.24) is 5.32 Å². The Hall–Kier alpha value is -0.530. The van der Waals surface area contributed by atoms with Gasteiger partial charge in [-0.1, -0.05) is 51.5 Å². The summed E-state index contributed by atoms with van der Waals surface area (Å²) in [6.45, 7) is 7.28. The van der Waals surface area contributed by atoms with Gasteiger partial charge in [0.15, 0.2) is 0 Å². The van der Waals surface area contributed by atoms with Crippen molar-refractivity contribution in [3.8, 4) is 0 Å². The van der Waals surface area contributed by atoms with E-state index >= 15 is 0 Å². The SMILES string of the molecule is CNC1c2ccccc2C2CCCC(C(C)(C)C)C21.Cl. The van der Waals surface area contributed by atoms with Gasteiger partial charge in [-0.25, -0.2) is 0 Å². The second-order valence-electron chi connectivity index (χ2n) is 7.48. The fourth-order valence-corrected chi connectivity index (χ4v) is 4.75. The minimum absolute atomic E-state index is 0. The zero-order chi connectivity index (χ0) is 13.6. The Labute approximate surface area is 130 Å². The summed E-state index contributed by atoms with van der Waals surface area (Å²) in [6.07, 6.45) is 4.18. The first-order valence-corrected chi connectivity index (χ1v) is 7.80. The average Bonchev–Trinajstić information content (AvgIpc) is 2.71. The van der Waals surface area contributed by atoms with Crippen LogP contribution in [0.2, 0.25) is 0 Å². The van der Waals surface area contributed by atoms with Gasteiger partial charge in [-0.3, -0.25) is 0 Å². The molecule has 1 nitrogen and oxygen atoms in total. The number of benzene rings is 1. The van der Waals surface area contributed by atoms with Crippen LogP contribution < -0.4 is 5.32 Å². The van der Waals surface area contributed by atoms with E-state index in [1.54, 1.807) is 11.1 Å². The van der Waals surface area contributed by atoms with E-state index in [0.717, 1.165) is 17.8 Å². The maximum atomic E-state index is 3.62. The lowest BCUT2D eigenvalue weighted by Crippen LogP contribution is -2.38. The molecule has 1 aromatic carbocycles. The van der Waals surface area contributed by atoms with E-state index in [2.05, 4.69) is 57.4 Å². The van der Waals surface area contributed by atoms with Crippen LogP contribution in [0.4, 0.5) is 0 Å². The predicted octanol–water partition coefficient (Wildman–Crippen LogP) is 4.93. The third-order valence-corrected chi connectivity index (χ3v) is 5.50. The third kappa shape index (κ3) is 2.40. The second kappa shape index (κ2) is 5.69. The van der Waals surface area contributed by atoms with Gasteiger partial charge in [0.1, 0.15) is 0 Å². The molecular formula is C18H28ClN. The monoisotopic (exact) mass is 293 g/mol. The molecule has 0 spiro atoms. The van der Waals surface area contributed by atoms with Crippen LogP contribution in [0.25, 0.3) is 0 Å². The Kier molecular flexibility index (Phi) is 4.51. The van der Waals surface area contributed by atoms with Gasteiger partial charge in [0, 0.05) is 6.04 Å². The van der Waals surface area contributed by atoms with Crippen molar-refractivity contribution in [3.63, 3.8) is 0 Å². The lowest BCUT2D eigenvalue weighted by Gasteiger charge is -2.44. The molecule has 0 heterocycles. The Morgan fingerprint density at radius 1 is 1.05 bits per heavy atom. The lowest BCUT2D eigenvalue weighted by atomic mass is 9.62. The molecule has 1 fully saturated rings. The van der Waals surface area contributed by atoms with Crippen LogP contribution in [0.15, 0.2) is 24.3 Å². The molecule has 1 aromatic rings. The molecular weight excluding hydrogens is 266 g/mol. The van der Waals surface area contributed by atoms with Crippen LogP contribution in [0.5, 0.6) is 0 Å². The van der Waals surface area contributed by atoms with Crippen molar-refractivity contribution >= 4 is 12.4 Å². The van der Waals surface area contributed by atoms with Gasteiger partial charge in [0.25, 0.3) is 0 Å². The highest BCUT2D eigenvalue weighted by molar-refractivity contribution is 5.85. The van der Waals surface area contributed by atoms with Gasteiger partial charge in [-0.05, 0) is 54.2 Å². The molecule has 0 aliphatic heterocycles.